The molecule has 2 aliphatic heterocycles. The number of aromatic amines is 1. The zero-order valence-electron chi connectivity index (χ0n) is 18.5. The van der Waals surface area contributed by atoms with E-state index < -0.39 is 0 Å². The van der Waals surface area contributed by atoms with Gasteiger partial charge in [0.15, 0.2) is 0 Å². The number of nitrogens with zero attached hydrogens (tertiary/aromatic N) is 1. The number of ether oxygens (including phenoxy) is 1. The summed E-state index contributed by atoms with van der Waals surface area (Å²) in [6.07, 6.45) is 4.32. The predicted octanol–water partition coefficient (Wildman–Crippen LogP) is 5.76. The van der Waals surface area contributed by atoms with Crippen LogP contribution >= 0.6 is 12.4 Å². The van der Waals surface area contributed by atoms with Gasteiger partial charge in [-0.25, -0.2) is 9.18 Å². The first-order valence-electron chi connectivity index (χ1n) is 11.3. The Kier molecular flexibility index (Phi) is 7.15. The first kappa shape index (κ1) is 24.8. The van der Waals surface area contributed by atoms with E-state index in [1.54, 1.807) is 6.07 Å². The summed E-state index contributed by atoms with van der Waals surface area (Å²) in [4.78, 5) is 15.7. The van der Waals surface area contributed by atoms with E-state index in [1.807, 2.05) is 41.0 Å². The third-order valence-electron chi connectivity index (χ3n) is 6.60. The van der Waals surface area contributed by atoms with Crippen LogP contribution in [0.4, 0.5) is 4.39 Å². The zero-order valence-corrected chi connectivity index (χ0v) is 19.3. The average molecular weight is 494 g/mol. The van der Waals surface area contributed by atoms with Crippen LogP contribution in [0, 0.1) is 5.82 Å². The van der Waals surface area contributed by atoms with Crippen LogP contribution in [0.25, 0.3) is 22.7 Å². The van der Waals surface area contributed by atoms with E-state index in [1.165, 1.54) is 12.1 Å². The number of imidazole rings is 1. The molecule has 2 aliphatic rings. The number of nitrogens with one attached hydrogen (secondary N) is 2. The highest BCUT2D eigenvalue weighted by atomic mass is 35.5. The molecule has 0 amide bonds. The van der Waals surface area contributed by atoms with E-state index >= 15 is 0 Å². The molecule has 4 aromatic rings. The van der Waals surface area contributed by atoms with Gasteiger partial charge in [0.25, 0.3) is 0 Å². The van der Waals surface area contributed by atoms with Crippen LogP contribution in [0.5, 0.6) is 5.75 Å². The molecule has 0 aliphatic carbocycles. The molecule has 3 heterocycles. The summed E-state index contributed by atoms with van der Waals surface area (Å²) in [6.45, 7) is 2.06. The molecular weight excluding hydrogens is 465 g/mol. The Balaban J connectivity index is 0.00000144. The summed E-state index contributed by atoms with van der Waals surface area (Å²) in [5, 5.41) is 3.46. The minimum Gasteiger partial charge on any atom is -0.488 e. The molecule has 1 aromatic heterocycles. The van der Waals surface area contributed by atoms with E-state index in [4.69, 9.17) is 4.74 Å². The third-order valence-corrected chi connectivity index (χ3v) is 6.60. The largest absolute Gasteiger partial charge is 0.488 e. The van der Waals surface area contributed by atoms with Crippen LogP contribution in [0.1, 0.15) is 42.5 Å². The van der Waals surface area contributed by atoms with Crippen LogP contribution in [-0.2, 0) is 13.2 Å². The number of fused-ring (bicyclic) bond motifs is 3. The molecule has 5 nitrogen and oxygen atoms in total. The van der Waals surface area contributed by atoms with Gasteiger partial charge in [-0.05, 0) is 72.0 Å². The molecule has 1 atom stereocenters. The molecular formula is C28H29ClFN3O2. The Morgan fingerprint density at radius 1 is 1.09 bits per heavy atom. The Hall–Kier alpha value is -3.35. The lowest BCUT2D eigenvalue weighted by molar-refractivity contribution is 0.305. The quantitative estimate of drug-likeness (QED) is 0.381. The van der Waals surface area contributed by atoms with Gasteiger partial charge in [-0.15, -0.1) is 12.4 Å². The summed E-state index contributed by atoms with van der Waals surface area (Å²) in [5.41, 5.74) is 6.50. The molecule has 35 heavy (non-hydrogen) atoms. The van der Waals surface area contributed by atoms with Gasteiger partial charge in [-0.2, -0.15) is 0 Å². The fourth-order valence-electron chi connectivity index (χ4n) is 4.95. The summed E-state index contributed by atoms with van der Waals surface area (Å²) < 4.78 is 21.7. The topological polar surface area (TPSA) is 59.1 Å². The van der Waals surface area contributed by atoms with Crippen LogP contribution in [0.15, 0.2) is 65.5 Å². The SMILES string of the molecule is C.Cl.O=c1[nH]c2cc(/C=C3\c4ccccc4COc4cc(F)ccc43)ccc2n1C[C@@H]1CCCN1. The Morgan fingerprint density at radius 2 is 1.94 bits per heavy atom. The van der Waals surface area contributed by atoms with Crippen molar-refractivity contribution in [2.75, 3.05) is 6.54 Å². The van der Waals surface area contributed by atoms with E-state index in [0.717, 1.165) is 58.2 Å². The smallest absolute Gasteiger partial charge is 0.326 e. The predicted molar refractivity (Wildman–Crippen MR) is 142 cm³/mol. The summed E-state index contributed by atoms with van der Waals surface area (Å²) >= 11 is 0. The van der Waals surface area contributed by atoms with E-state index in [-0.39, 0.29) is 31.3 Å². The molecule has 6 rings (SSSR count). The van der Waals surface area contributed by atoms with Crippen LogP contribution in [0.3, 0.4) is 0 Å². The molecule has 3 aromatic carbocycles. The van der Waals surface area contributed by atoms with Gasteiger partial charge in [0.2, 0.25) is 0 Å². The third kappa shape index (κ3) is 4.64. The lowest BCUT2D eigenvalue weighted by Gasteiger charge is -2.12. The van der Waals surface area contributed by atoms with Gasteiger partial charge in [-0.1, -0.05) is 37.8 Å². The fourth-order valence-corrected chi connectivity index (χ4v) is 4.95. The van der Waals surface area contributed by atoms with E-state index in [0.29, 0.717) is 24.9 Å². The van der Waals surface area contributed by atoms with Gasteiger partial charge in [-0.3, -0.25) is 4.57 Å². The van der Waals surface area contributed by atoms with E-state index in [2.05, 4.69) is 22.4 Å². The van der Waals surface area contributed by atoms with Crippen molar-refractivity contribution in [3.05, 3.63) is 99.2 Å². The molecule has 1 saturated heterocycles. The molecule has 7 heteroatoms. The molecule has 0 unspecified atom stereocenters. The molecule has 2 N–H and O–H groups in total. The molecule has 0 radical (unpaired) electrons. The van der Waals surface area contributed by atoms with Gasteiger partial charge in [0.1, 0.15) is 18.2 Å². The van der Waals surface area contributed by atoms with E-state index in [9.17, 15) is 9.18 Å². The second-order valence-corrected chi connectivity index (χ2v) is 8.75. The van der Waals surface area contributed by atoms with Gasteiger partial charge < -0.3 is 15.0 Å². The zero-order chi connectivity index (χ0) is 22.4. The number of H-pyrrole nitrogens is 1. The average Bonchev–Trinajstić information content (AvgIpc) is 3.41. The van der Waals surface area contributed by atoms with Gasteiger partial charge >= 0.3 is 5.69 Å². The van der Waals surface area contributed by atoms with Crippen molar-refractivity contribution in [1.82, 2.24) is 14.9 Å². The minimum absolute atomic E-state index is 0. The molecule has 1 fully saturated rings. The van der Waals surface area contributed by atoms with Crippen molar-refractivity contribution in [2.45, 2.75) is 39.5 Å². The second-order valence-electron chi connectivity index (χ2n) is 8.75. The van der Waals surface area contributed by atoms with Gasteiger partial charge in [0, 0.05) is 24.2 Å². The number of aromatic nitrogens is 2. The lowest BCUT2D eigenvalue weighted by Crippen LogP contribution is -2.31. The summed E-state index contributed by atoms with van der Waals surface area (Å²) in [5.74, 6) is 0.207. The van der Waals surface area contributed by atoms with Crippen molar-refractivity contribution in [3.63, 3.8) is 0 Å². The highest BCUT2D eigenvalue weighted by molar-refractivity contribution is 5.95. The molecule has 182 valence electrons. The number of hydrogen-bond acceptors (Lipinski definition) is 3. The number of benzene rings is 3. The molecule has 0 saturated carbocycles. The van der Waals surface area contributed by atoms with Crippen LogP contribution in [-0.4, -0.2) is 22.1 Å². The van der Waals surface area contributed by atoms with Crippen molar-refractivity contribution in [1.29, 1.82) is 0 Å². The first-order valence-corrected chi connectivity index (χ1v) is 11.3. The summed E-state index contributed by atoms with van der Waals surface area (Å²) in [7, 11) is 0. The number of halogens is 2. The molecule has 0 spiro atoms. The monoisotopic (exact) mass is 493 g/mol. The minimum atomic E-state index is -0.323. The normalized spacial score (nSPS) is 17.6. The van der Waals surface area contributed by atoms with Crippen molar-refractivity contribution in [3.8, 4) is 5.75 Å². The Morgan fingerprint density at radius 3 is 2.77 bits per heavy atom. The number of hydrogen-bond donors (Lipinski definition) is 2. The lowest BCUT2D eigenvalue weighted by atomic mass is 9.92. The maximum Gasteiger partial charge on any atom is 0.326 e. The summed E-state index contributed by atoms with van der Waals surface area (Å²) in [6, 6.07) is 19.1. The maximum atomic E-state index is 13.9. The fraction of sp³-hybridized carbons (Fsp3) is 0.250. The van der Waals surface area contributed by atoms with Gasteiger partial charge in [0.05, 0.1) is 11.0 Å². The Labute approximate surface area is 210 Å². The second kappa shape index (κ2) is 10.1. The van der Waals surface area contributed by atoms with Crippen molar-refractivity contribution >= 4 is 35.1 Å². The molecule has 0 bridgehead atoms. The highest BCUT2D eigenvalue weighted by Crippen LogP contribution is 2.38. The standard InChI is InChI=1S/C27H24FN3O2.CH4.ClH/c28-19-8-9-22-23(21-6-2-1-4-18(21)16-33-26(22)14-19)12-17-7-10-25-24(13-17)30-27(32)31(25)15-20-5-3-11-29-20;;/h1-2,4,6-10,12-14,20,29H,3,5,11,15-16H2,(H,30,32);1H4;1H/b23-12+;;/t20-;;/m0../s1. The highest BCUT2D eigenvalue weighted by Gasteiger charge is 2.20. The van der Waals surface area contributed by atoms with Crippen molar-refractivity contribution in [2.24, 2.45) is 0 Å². The van der Waals surface area contributed by atoms with Crippen LogP contribution < -0.4 is 15.7 Å². The number of rotatable bonds is 3. The first-order chi connectivity index (χ1) is 16.2. The van der Waals surface area contributed by atoms with Crippen molar-refractivity contribution < 1.29 is 9.13 Å². The van der Waals surface area contributed by atoms with Crippen LogP contribution in [0.2, 0.25) is 0 Å². The maximum absolute atomic E-state index is 13.9. The Bertz CT molecular complexity index is 1450.